The standard InChI is InChI=1S/C7H11FO/c1-5-2-3-7(9)6(8)4-5/h5-6H,2-4H2,1H3/t5-,6-/m1/s1. The average molecular weight is 130 g/mol. The summed E-state index contributed by atoms with van der Waals surface area (Å²) in [5.74, 6) is 0.200. The number of halogens is 1. The Bertz CT molecular complexity index is 122. The van der Waals surface area contributed by atoms with Crippen molar-refractivity contribution < 1.29 is 9.18 Å². The molecule has 1 rings (SSSR count). The zero-order valence-electron chi connectivity index (χ0n) is 5.56. The van der Waals surface area contributed by atoms with Gasteiger partial charge in [-0.3, -0.25) is 4.79 Å². The average Bonchev–Trinajstić information content (AvgIpc) is 1.80. The van der Waals surface area contributed by atoms with Crippen LogP contribution >= 0.6 is 0 Å². The van der Waals surface area contributed by atoms with Gasteiger partial charge in [0.2, 0.25) is 0 Å². The van der Waals surface area contributed by atoms with Crippen molar-refractivity contribution in [3.63, 3.8) is 0 Å². The minimum absolute atomic E-state index is 0.201. The van der Waals surface area contributed by atoms with Gasteiger partial charge in [-0.05, 0) is 18.8 Å². The summed E-state index contributed by atoms with van der Waals surface area (Å²) < 4.78 is 12.5. The van der Waals surface area contributed by atoms with E-state index in [-0.39, 0.29) is 5.78 Å². The first-order valence-electron chi connectivity index (χ1n) is 3.37. The fourth-order valence-corrected chi connectivity index (χ4v) is 1.15. The SMILES string of the molecule is C[C@@H]1CCC(=O)[C@H](F)C1. The Hall–Kier alpha value is -0.400. The van der Waals surface area contributed by atoms with Crippen molar-refractivity contribution in [2.75, 3.05) is 0 Å². The van der Waals surface area contributed by atoms with Crippen LogP contribution < -0.4 is 0 Å². The molecule has 1 aliphatic carbocycles. The topological polar surface area (TPSA) is 17.1 Å². The van der Waals surface area contributed by atoms with E-state index in [1.807, 2.05) is 6.92 Å². The van der Waals surface area contributed by atoms with Crippen molar-refractivity contribution in [3.8, 4) is 0 Å². The Labute approximate surface area is 54.3 Å². The van der Waals surface area contributed by atoms with Gasteiger partial charge in [0, 0.05) is 6.42 Å². The largest absolute Gasteiger partial charge is 0.296 e. The normalized spacial score (nSPS) is 36.9. The van der Waals surface area contributed by atoms with Crippen LogP contribution in [0, 0.1) is 5.92 Å². The van der Waals surface area contributed by atoms with E-state index in [2.05, 4.69) is 0 Å². The summed E-state index contributed by atoms with van der Waals surface area (Å²) in [6.45, 7) is 1.99. The molecule has 9 heavy (non-hydrogen) atoms. The number of Topliss-reactive ketones (excluding diaryl/α,β-unsaturated/α-hetero) is 1. The smallest absolute Gasteiger partial charge is 0.166 e. The molecule has 2 atom stereocenters. The van der Waals surface area contributed by atoms with Gasteiger partial charge in [0.05, 0.1) is 0 Å². The second-order valence-electron chi connectivity index (χ2n) is 2.81. The van der Waals surface area contributed by atoms with E-state index in [1.54, 1.807) is 0 Å². The molecule has 0 N–H and O–H groups in total. The van der Waals surface area contributed by atoms with Crippen LogP contribution in [0.2, 0.25) is 0 Å². The van der Waals surface area contributed by atoms with Gasteiger partial charge in [-0.1, -0.05) is 6.92 Å². The second-order valence-corrected chi connectivity index (χ2v) is 2.81. The number of carbonyl (C=O) groups excluding carboxylic acids is 1. The fourth-order valence-electron chi connectivity index (χ4n) is 1.15. The zero-order chi connectivity index (χ0) is 6.85. The van der Waals surface area contributed by atoms with Crippen molar-refractivity contribution in [2.45, 2.75) is 32.4 Å². The highest BCUT2D eigenvalue weighted by molar-refractivity contribution is 5.83. The molecule has 0 saturated heterocycles. The first kappa shape index (κ1) is 6.72. The maximum atomic E-state index is 12.5. The van der Waals surface area contributed by atoms with E-state index in [0.717, 1.165) is 6.42 Å². The number of carbonyl (C=O) groups is 1. The summed E-state index contributed by atoms with van der Waals surface area (Å²) in [5, 5.41) is 0. The lowest BCUT2D eigenvalue weighted by Gasteiger charge is -2.19. The Morgan fingerprint density at radius 2 is 2.33 bits per heavy atom. The molecule has 0 unspecified atom stereocenters. The van der Waals surface area contributed by atoms with Crippen LogP contribution in [0.15, 0.2) is 0 Å². The first-order valence-corrected chi connectivity index (χ1v) is 3.37. The maximum absolute atomic E-state index is 12.5. The molecule has 0 aromatic carbocycles. The number of hydrogen-bond acceptors (Lipinski definition) is 1. The van der Waals surface area contributed by atoms with Crippen molar-refractivity contribution in [2.24, 2.45) is 5.92 Å². The van der Waals surface area contributed by atoms with Gasteiger partial charge >= 0.3 is 0 Å². The van der Waals surface area contributed by atoms with Gasteiger partial charge in [0.1, 0.15) is 0 Å². The fraction of sp³-hybridized carbons (Fsp3) is 0.857. The molecule has 2 heteroatoms. The van der Waals surface area contributed by atoms with Crippen LogP contribution in [0.4, 0.5) is 4.39 Å². The predicted molar refractivity (Wildman–Crippen MR) is 32.9 cm³/mol. The summed E-state index contributed by atoms with van der Waals surface area (Å²) in [5.41, 5.74) is 0. The molecule has 1 saturated carbocycles. The van der Waals surface area contributed by atoms with Crippen LogP contribution in [0.25, 0.3) is 0 Å². The van der Waals surface area contributed by atoms with E-state index >= 15 is 0 Å². The van der Waals surface area contributed by atoms with Crippen molar-refractivity contribution in [1.29, 1.82) is 0 Å². The van der Waals surface area contributed by atoms with Crippen LogP contribution in [0.1, 0.15) is 26.2 Å². The summed E-state index contributed by atoms with van der Waals surface area (Å²) in [6.07, 6.45) is 0.606. The van der Waals surface area contributed by atoms with E-state index < -0.39 is 6.17 Å². The van der Waals surface area contributed by atoms with E-state index in [9.17, 15) is 9.18 Å². The molecular formula is C7H11FO. The van der Waals surface area contributed by atoms with Gasteiger partial charge in [-0.15, -0.1) is 0 Å². The summed E-state index contributed by atoms with van der Waals surface area (Å²) in [6, 6.07) is 0. The minimum atomic E-state index is -1.16. The van der Waals surface area contributed by atoms with Gasteiger partial charge < -0.3 is 0 Å². The molecule has 1 fully saturated rings. The van der Waals surface area contributed by atoms with Gasteiger partial charge in [-0.2, -0.15) is 0 Å². The third-order valence-electron chi connectivity index (χ3n) is 1.84. The third kappa shape index (κ3) is 1.50. The van der Waals surface area contributed by atoms with Crippen LogP contribution in [-0.2, 0) is 4.79 Å². The molecule has 0 spiro atoms. The molecule has 52 valence electrons. The lowest BCUT2D eigenvalue weighted by Crippen LogP contribution is -2.24. The number of rotatable bonds is 0. The van der Waals surface area contributed by atoms with Crippen molar-refractivity contribution in [1.82, 2.24) is 0 Å². The zero-order valence-corrected chi connectivity index (χ0v) is 5.56. The highest BCUT2D eigenvalue weighted by Crippen LogP contribution is 2.22. The van der Waals surface area contributed by atoms with Gasteiger partial charge in [-0.25, -0.2) is 4.39 Å². The molecular weight excluding hydrogens is 119 g/mol. The van der Waals surface area contributed by atoms with E-state index in [4.69, 9.17) is 0 Å². The molecule has 0 aromatic rings. The van der Waals surface area contributed by atoms with Crippen molar-refractivity contribution in [3.05, 3.63) is 0 Å². The molecule has 0 heterocycles. The highest BCUT2D eigenvalue weighted by Gasteiger charge is 2.25. The summed E-state index contributed by atoms with van der Waals surface area (Å²) in [7, 11) is 0. The van der Waals surface area contributed by atoms with Crippen LogP contribution in [-0.4, -0.2) is 12.0 Å². The predicted octanol–water partition coefficient (Wildman–Crippen LogP) is 1.71. The van der Waals surface area contributed by atoms with Gasteiger partial charge in [0.15, 0.2) is 12.0 Å². The summed E-state index contributed by atoms with van der Waals surface area (Å²) in [4.78, 5) is 10.6. The molecule has 0 aromatic heterocycles. The quantitative estimate of drug-likeness (QED) is 0.488. The third-order valence-corrected chi connectivity index (χ3v) is 1.84. The minimum Gasteiger partial charge on any atom is -0.296 e. The Kier molecular flexibility index (Phi) is 1.84. The van der Waals surface area contributed by atoms with Crippen LogP contribution in [0.5, 0.6) is 0 Å². The molecule has 0 radical (unpaired) electrons. The Balaban J connectivity index is 2.44. The Morgan fingerprint density at radius 1 is 1.67 bits per heavy atom. The first-order chi connectivity index (χ1) is 4.20. The summed E-state index contributed by atoms with van der Waals surface area (Å²) >= 11 is 0. The molecule has 0 bridgehead atoms. The number of hydrogen-bond donors (Lipinski definition) is 0. The Morgan fingerprint density at radius 3 is 2.78 bits per heavy atom. The van der Waals surface area contributed by atoms with E-state index in [1.165, 1.54) is 0 Å². The maximum Gasteiger partial charge on any atom is 0.166 e. The highest BCUT2D eigenvalue weighted by atomic mass is 19.1. The number of alkyl halides is 1. The lowest BCUT2D eigenvalue weighted by molar-refractivity contribution is -0.126. The van der Waals surface area contributed by atoms with E-state index in [0.29, 0.717) is 18.8 Å². The van der Waals surface area contributed by atoms with Gasteiger partial charge in [0.25, 0.3) is 0 Å². The molecule has 0 aliphatic heterocycles. The molecule has 1 nitrogen and oxygen atoms in total. The van der Waals surface area contributed by atoms with Crippen molar-refractivity contribution >= 4 is 5.78 Å². The monoisotopic (exact) mass is 130 g/mol. The lowest BCUT2D eigenvalue weighted by atomic mass is 9.89. The second kappa shape index (κ2) is 2.46. The molecule has 0 amide bonds. The molecule has 1 aliphatic rings. The number of ketones is 1. The van der Waals surface area contributed by atoms with Crippen LogP contribution in [0.3, 0.4) is 0 Å².